The fourth-order valence-corrected chi connectivity index (χ4v) is 4.10. The minimum absolute atomic E-state index is 0.0734. The lowest BCUT2D eigenvalue weighted by atomic mass is 9.96. The van der Waals surface area contributed by atoms with E-state index >= 15 is 0 Å². The maximum absolute atomic E-state index is 12.9. The standard InChI is InChI=1S/C23H28N6O/c1-15-7-5-8-16(2)22(15)24-23(30)19-9-6-12-28(14-19)20-10-11-21(26-25-20)29-18(4)13-17(3)27-29/h5,7-8,10-11,13,19H,6,9,12,14H2,1-4H3,(H,24,30). The molecular formula is C23H28N6O. The van der Waals surface area contributed by atoms with Crippen LogP contribution in [0.2, 0.25) is 0 Å². The molecule has 2 aromatic heterocycles. The van der Waals surface area contributed by atoms with Crippen LogP contribution in [0.1, 0.15) is 35.4 Å². The Morgan fingerprint density at radius 1 is 1.03 bits per heavy atom. The first kappa shape index (κ1) is 20.1. The second-order valence-electron chi connectivity index (χ2n) is 8.13. The zero-order valence-corrected chi connectivity index (χ0v) is 18.0. The Morgan fingerprint density at radius 3 is 2.37 bits per heavy atom. The molecule has 0 spiro atoms. The van der Waals surface area contributed by atoms with E-state index in [9.17, 15) is 4.79 Å². The SMILES string of the molecule is Cc1cc(C)n(-c2ccc(N3CCCC(C(=O)Nc4c(C)cccc4C)C3)nn2)n1. The van der Waals surface area contributed by atoms with Gasteiger partial charge in [-0.25, -0.2) is 4.68 Å². The van der Waals surface area contributed by atoms with Crippen LogP contribution in [-0.4, -0.2) is 39.0 Å². The number of benzene rings is 1. The van der Waals surface area contributed by atoms with Crippen molar-refractivity contribution in [3.8, 4) is 5.82 Å². The highest BCUT2D eigenvalue weighted by Crippen LogP contribution is 2.25. The quantitative estimate of drug-likeness (QED) is 0.717. The third-order valence-corrected chi connectivity index (χ3v) is 5.71. The summed E-state index contributed by atoms with van der Waals surface area (Å²) in [5.74, 6) is 1.50. The molecule has 1 N–H and O–H groups in total. The Morgan fingerprint density at radius 2 is 1.73 bits per heavy atom. The van der Waals surface area contributed by atoms with E-state index in [0.29, 0.717) is 12.4 Å². The van der Waals surface area contributed by atoms with Gasteiger partial charge in [-0.2, -0.15) is 5.10 Å². The van der Waals surface area contributed by atoms with Gasteiger partial charge in [-0.15, -0.1) is 10.2 Å². The highest BCUT2D eigenvalue weighted by atomic mass is 16.1. The van der Waals surface area contributed by atoms with Crippen LogP contribution in [0.3, 0.4) is 0 Å². The number of hydrogen-bond donors (Lipinski definition) is 1. The predicted molar refractivity (Wildman–Crippen MR) is 118 cm³/mol. The normalized spacial score (nSPS) is 16.5. The summed E-state index contributed by atoms with van der Waals surface area (Å²) in [6, 6.07) is 12.0. The van der Waals surface area contributed by atoms with E-state index in [2.05, 4.69) is 25.5 Å². The molecule has 0 saturated carbocycles. The summed E-state index contributed by atoms with van der Waals surface area (Å²) in [4.78, 5) is 15.1. The van der Waals surface area contributed by atoms with E-state index in [1.807, 2.05) is 64.1 Å². The van der Waals surface area contributed by atoms with Crippen LogP contribution in [0.15, 0.2) is 36.4 Å². The molecule has 1 fully saturated rings. The molecule has 156 valence electrons. The summed E-state index contributed by atoms with van der Waals surface area (Å²) >= 11 is 0. The lowest BCUT2D eigenvalue weighted by Crippen LogP contribution is -2.41. The summed E-state index contributed by atoms with van der Waals surface area (Å²) in [6.07, 6.45) is 1.83. The number of amides is 1. The molecule has 1 aromatic carbocycles. The molecule has 4 rings (SSSR count). The molecule has 1 amide bonds. The molecule has 1 saturated heterocycles. The number of hydrogen-bond acceptors (Lipinski definition) is 5. The van der Waals surface area contributed by atoms with Crippen molar-refractivity contribution >= 4 is 17.4 Å². The third-order valence-electron chi connectivity index (χ3n) is 5.71. The topological polar surface area (TPSA) is 75.9 Å². The fraction of sp³-hybridized carbons (Fsp3) is 0.391. The Kier molecular flexibility index (Phi) is 5.53. The summed E-state index contributed by atoms with van der Waals surface area (Å²) in [7, 11) is 0. The van der Waals surface area contributed by atoms with E-state index in [1.165, 1.54) is 0 Å². The van der Waals surface area contributed by atoms with Crippen molar-refractivity contribution in [3.63, 3.8) is 0 Å². The average Bonchev–Trinajstić information content (AvgIpc) is 3.09. The lowest BCUT2D eigenvalue weighted by Gasteiger charge is -2.32. The summed E-state index contributed by atoms with van der Waals surface area (Å²) in [5, 5.41) is 16.4. The van der Waals surface area contributed by atoms with Crippen LogP contribution in [0.5, 0.6) is 0 Å². The summed E-state index contributed by atoms with van der Waals surface area (Å²) in [6.45, 7) is 9.53. The molecule has 7 heteroatoms. The first-order valence-corrected chi connectivity index (χ1v) is 10.4. The lowest BCUT2D eigenvalue weighted by molar-refractivity contribution is -0.120. The minimum Gasteiger partial charge on any atom is -0.354 e. The number of piperidine rings is 1. The Hall–Kier alpha value is -3.22. The average molecular weight is 405 g/mol. The number of nitrogens with one attached hydrogen (secondary N) is 1. The van der Waals surface area contributed by atoms with Crippen molar-refractivity contribution < 1.29 is 4.79 Å². The van der Waals surface area contributed by atoms with Crippen LogP contribution in [0, 0.1) is 33.6 Å². The van der Waals surface area contributed by atoms with Gasteiger partial charge in [-0.05, 0) is 69.9 Å². The van der Waals surface area contributed by atoms with Crippen molar-refractivity contribution in [2.75, 3.05) is 23.3 Å². The predicted octanol–water partition coefficient (Wildman–Crippen LogP) is 3.75. The van der Waals surface area contributed by atoms with Crippen molar-refractivity contribution in [1.82, 2.24) is 20.0 Å². The number of aromatic nitrogens is 4. The Bertz CT molecular complexity index is 1040. The van der Waals surface area contributed by atoms with Gasteiger partial charge in [-0.3, -0.25) is 4.79 Å². The zero-order chi connectivity index (χ0) is 21.3. The molecule has 1 atom stereocenters. The monoisotopic (exact) mass is 404 g/mol. The fourth-order valence-electron chi connectivity index (χ4n) is 4.10. The number of carbonyl (C=O) groups excluding carboxylic acids is 1. The molecule has 30 heavy (non-hydrogen) atoms. The zero-order valence-electron chi connectivity index (χ0n) is 18.0. The molecule has 1 unspecified atom stereocenters. The van der Waals surface area contributed by atoms with E-state index in [-0.39, 0.29) is 11.8 Å². The first-order valence-electron chi connectivity index (χ1n) is 10.4. The molecule has 1 aliphatic rings. The second-order valence-corrected chi connectivity index (χ2v) is 8.13. The van der Waals surface area contributed by atoms with Crippen LogP contribution >= 0.6 is 0 Å². The van der Waals surface area contributed by atoms with E-state index in [0.717, 1.165) is 53.4 Å². The second kappa shape index (κ2) is 8.26. The molecule has 0 aliphatic carbocycles. The van der Waals surface area contributed by atoms with Gasteiger partial charge in [0.1, 0.15) is 0 Å². The number of rotatable bonds is 4. The highest BCUT2D eigenvalue weighted by Gasteiger charge is 2.27. The number of aryl methyl sites for hydroxylation is 4. The Balaban J connectivity index is 1.46. The summed E-state index contributed by atoms with van der Waals surface area (Å²) < 4.78 is 1.79. The molecule has 1 aliphatic heterocycles. The molecule has 3 heterocycles. The van der Waals surface area contributed by atoms with Crippen molar-refractivity contribution in [2.24, 2.45) is 5.92 Å². The molecule has 0 bridgehead atoms. The van der Waals surface area contributed by atoms with Gasteiger partial charge in [0.05, 0.1) is 11.6 Å². The van der Waals surface area contributed by atoms with E-state index < -0.39 is 0 Å². The van der Waals surface area contributed by atoms with E-state index in [1.54, 1.807) is 4.68 Å². The number of nitrogens with zero attached hydrogens (tertiary/aromatic N) is 5. The first-order chi connectivity index (χ1) is 14.4. The number of anilines is 2. The van der Waals surface area contributed by atoms with Crippen LogP contribution in [0.4, 0.5) is 11.5 Å². The minimum atomic E-state index is -0.0738. The van der Waals surface area contributed by atoms with Crippen LogP contribution < -0.4 is 10.2 Å². The summed E-state index contributed by atoms with van der Waals surface area (Å²) in [5.41, 5.74) is 5.07. The molecule has 0 radical (unpaired) electrons. The molecule has 3 aromatic rings. The van der Waals surface area contributed by atoms with E-state index in [4.69, 9.17) is 0 Å². The van der Waals surface area contributed by atoms with Crippen LogP contribution in [0.25, 0.3) is 5.82 Å². The number of para-hydroxylation sites is 1. The highest BCUT2D eigenvalue weighted by molar-refractivity contribution is 5.94. The Labute approximate surface area is 177 Å². The number of carbonyl (C=O) groups is 1. The van der Waals surface area contributed by atoms with Gasteiger partial charge >= 0.3 is 0 Å². The van der Waals surface area contributed by atoms with Gasteiger partial charge in [0, 0.05) is 24.5 Å². The maximum Gasteiger partial charge on any atom is 0.229 e. The van der Waals surface area contributed by atoms with Gasteiger partial charge in [0.15, 0.2) is 11.6 Å². The molecule has 7 nitrogen and oxygen atoms in total. The third kappa shape index (κ3) is 4.06. The van der Waals surface area contributed by atoms with Crippen molar-refractivity contribution in [1.29, 1.82) is 0 Å². The van der Waals surface area contributed by atoms with Gasteiger partial charge in [0.2, 0.25) is 5.91 Å². The molecular weight excluding hydrogens is 376 g/mol. The van der Waals surface area contributed by atoms with Crippen molar-refractivity contribution in [3.05, 3.63) is 58.9 Å². The smallest absolute Gasteiger partial charge is 0.229 e. The largest absolute Gasteiger partial charge is 0.354 e. The van der Waals surface area contributed by atoms with Crippen molar-refractivity contribution in [2.45, 2.75) is 40.5 Å². The van der Waals surface area contributed by atoms with Gasteiger partial charge in [-0.1, -0.05) is 18.2 Å². The van der Waals surface area contributed by atoms with Crippen LogP contribution in [-0.2, 0) is 4.79 Å². The van der Waals surface area contributed by atoms with Gasteiger partial charge in [0.25, 0.3) is 0 Å². The van der Waals surface area contributed by atoms with Gasteiger partial charge < -0.3 is 10.2 Å². The maximum atomic E-state index is 12.9.